The van der Waals surface area contributed by atoms with Gasteiger partial charge in [0.25, 0.3) is 5.91 Å². The van der Waals surface area contributed by atoms with Crippen LogP contribution < -0.4 is 10.6 Å². The molecule has 1 heterocycles. The molecule has 0 bridgehead atoms. The molecule has 0 radical (unpaired) electrons. The topological polar surface area (TPSA) is 66.9 Å². The second-order valence-electron chi connectivity index (χ2n) is 5.40. The van der Waals surface area contributed by atoms with E-state index in [1.165, 1.54) is 36.4 Å². The summed E-state index contributed by atoms with van der Waals surface area (Å²) >= 11 is 0. The van der Waals surface area contributed by atoms with Crippen molar-refractivity contribution in [2.75, 3.05) is 10.6 Å². The highest BCUT2D eigenvalue weighted by molar-refractivity contribution is 6.03. The van der Waals surface area contributed by atoms with Crippen LogP contribution in [0.5, 0.6) is 0 Å². The van der Waals surface area contributed by atoms with E-state index in [0.717, 1.165) is 12.1 Å². The Morgan fingerprint density at radius 2 is 1.62 bits per heavy atom. The predicted octanol–water partition coefficient (Wildman–Crippen LogP) is 4.20. The molecule has 0 unspecified atom stereocenters. The van der Waals surface area contributed by atoms with Gasteiger partial charge in [0.05, 0.1) is 0 Å². The molecule has 0 atom stereocenters. The van der Waals surface area contributed by atoms with E-state index in [9.17, 15) is 18.0 Å². The zero-order chi connectivity index (χ0) is 18.7. The standard InChI is InChI=1S/C18H13F3N4O/c1-10-9-15(17(26)25-16-13(20)3-2-4-14(16)21)24-18(22-10)23-12-7-5-11(19)6-8-12/h2-9H,1H3,(H,25,26)(H,22,23,24). The summed E-state index contributed by atoms with van der Waals surface area (Å²) in [7, 11) is 0. The number of rotatable bonds is 4. The van der Waals surface area contributed by atoms with Crippen LogP contribution in [0.15, 0.2) is 48.5 Å². The van der Waals surface area contributed by atoms with Crippen molar-refractivity contribution in [3.63, 3.8) is 0 Å². The number of anilines is 3. The molecule has 26 heavy (non-hydrogen) atoms. The number of nitrogens with zero attached hydrogens (tertiary/aromatic N) is 2. The molecule has 2 N–H and O–H groups in total. The lowest BCUT2D eigenvalue weighted by Gasteiger charge is -2.10. The van der Waals surface area contributed by atoms with Crippen molar-refractivity contribution >= 4 is 23.2 Å². The lowest BCUT2D eigenvalue weighted by atomic mass is 10.2. The van der Waals surface area contributed by atoms with Crippen molar-refractivity contribution in [2.45, 2.75) is 6.92 Å². The highest BCUT2D eigenvalue weighted by atomic mass is 19.1. The number of benzene rings is 2. The Hall–Kier alpha value is -3.42. The zero-order valence-electron chi connectivity index (χ0n) is 13.6. The van der Waals surface area contributed by atoms with Gasteiger partial charge in [-0.2, -0.15) is 0 Å². The Kier molecular flexibility index (Phi) is 4.83. The minimum absolute atomic E-state index is 0.0789. The molecule has 0 saturated heterocycles. The predicted molar refractivity (Wildman–Crippen MR) is 90.8 cm³/mol. The number of hydrogen-bond acceptors (Lipinski definition) is 4. The maximum atomic E-state index is 13.7. The summed E-state index contributed by atoms with van der Waals surface area (Å²) in [6.45, 7) is 1.64. The third kappa shape index (κ3) is 3.97. The molecule has 3 aromatic rings. The first kappa shape index (κ1) is 17.4. The van der Waals surface area contributed by atoms with Gasteiger partial charge in [-0.3, -0.25) is 4.79 Å². The van der Waals surface area contributed by atoms with E-state index >= 15 is 0 Å². The minimum atomic E-state index is -0.895. The quantitative estimate of drug-likeness (QED) is 0.734. The lowest BCUT2D eigenvalue weighted by Crippen LogP contribution is -2.17. The molecule has 132 valence electrons. The Labute approximate surface area is 146 Å². The van der Waals surface area contributed by atoms with Gasteiger partial charge in [-0.15, -0.1) is 0 Å². The number of aryl methyl sites for hydroxylation is 1. The molecule has 0 aliphatic rings. The molecule has 0 spiro atoms. The van der Waals surface area contributed by atoms with E-state index in [4.69, 9.17) is 0 Å². The second kappa shape index (κ2) is 7.22. The fourth-order valence-corrected chi connectivity index (χ4v) is 2.20. The van der Waals surface area contributed by atoms with Gasteiger partial charge in [0, 0.05) is 11.4 Å². The first-order chi connectivity index (χ1) is 12.4. The molecule has 5 nitrogen and oxygen atoms in total. The fraction of sp³-hybridized carbons (Fsp3) is 0.0556. The number of hydrogen-bond donors (Lipinski definition) is 2. The van der Waals surface area contributed by atoms with E-state index in [2.05, 4.69) is 20.6 Å². The molecule has 0 fully saturated rings. The summed E-state index contributed by atoms with van der Waals surface area (Å²) < 4.78 is 40.3. The summed E-state index contributed by atoms with van der Waals surface area (Å²) in [6.07, 6.45) is 0. The van der Waals surface area contributed by atoms with Crippen LogP contribution >= 0.6 is 0 Å². The molecule has 8 heteroatoms. The average Bonchev–Trinajstić information content (AvgIpc) is 2.59. The number of carbonyl (C=O) groups excluding carboxylic acids is 1. The normalized spacial score (nSPS) is 10.5. The van der Waals surface area contributed by atoms with Crippen LogP contribution in [0, 0.1) is 24.4 Å². The molecule has 1 amide bonds. The Morgan fingerprint density at radius 3 is 2.27 bits per heavy atom. The van der Waals surface area contributed by atoms with Crippen molar-refractivity contribution in [3.8, 4) is 0 Å². The average molecular weight is 358 g/mol. The molecule has 0 aliphatic carbocycles. The van der Waals surface area contributed by atoms with Crippen molar-refractivity contribution in [3.05, 3.63) is 77.4 Å². The molecule has 0 saturated carbocycles. The monoisotopic (exact) mass is 358 g/mol. The van der Waals surface area contributed by atoms with E-state index in [-0.39, 0.29) is 11.6 Å². The van der Waals surface area contributed by atoms with Crippen LogP contribution in [-0.4, -0.2) is 15.9 Å². The summed E-state index contributed by atoms with van der Waals surface area (Å²) in [5, 5.41) is 5.00. The van der Waals surface area contributed by atoms with Crippen LogP contribution in [0.25, 0.3) is 0 Å². The minimum Gasteiger partial charge on any atom is -0.324 e. The molecule has 0 aliphatic heterocycles. The van der Waals surface area contributed by atoms with Gasteiger partial charge in [-0.1, -0.05) is 6.07 Å². The lowest BCUT2D eigenvalue weighted by molar-refractivity contribution is 0.102. The number of halogens is 3. The molecule has 3 rings (SSSR count). The smallest absolute Gasteiger partial charge is 0.274 e. The fourth-order valence-electron chi connectivity index (χ4n) is 2.20. The number of amides is 1. The van der Waals surface area contributed by atoms with Gasteiger partial charge < -0.3 is 10.6 Å². The first-order valence-corrected chi connectivity index (χ1v) is 7.56. The number of para-hydroxylation sites is 1. The Morgan fingerprint density at radius 1 is 0.962 bits per heavy atom. The molecule has 1 aromatic heterocycles. The van der Waals surface area contributed by atoms with Gasteiger partial charge in [-0.25, -0.2) is 23.1 Å². The van der Waals surface area contributed by atoms with E-state index in [1.54, 1.807) is 6.92 Å². The van der Waals surface area contributed by atoms with Crippen molar-refractivity contribution < 1.29 is 18.0 Å². The SMILES string of the molecule is Cc1cc(C(=O)Nc2c(F)cccc2F)nc(Nc2ccc(F)cc2)n1. The molecular weight excluding hydrogens is 345 g/mol. The van der Waals surface area contributed by atoms with E-state index < -0.39 is 29.0 Å². The van der Waals surface area contributed by atoms with Gasteiger partial charge in [0.1, 0.15) is 28.8 Å². The number of carbonyl (C=O) groups is 1. The Bertz CT molecular complexity index is 941. The highest BCUT2D eigenvalue weighted by Gasteiger charge is 2.16. The van der Waals surface area contributed by atoms with Crippen molar-refractivity contribution in [1.82, 2.24) is 9.97 Å². The van der Waals surface area contributed by atoms with Gasteiger partial charge in [0.2, 0.25) is 5.95 Å². The third-order valence-electron chi connectivity index (χ3n) is 3.39. The summed E-state index contributed by atoms with van der Waals surface area (Å²) in [5.41, 5.74) is 0.346. The Balaban J connectivity index is 1.84. The van der Waals surface area contributed by atoms with Crippen LogP contribution in [0.3, 0.4) is 0 Å². The second-order valence-corrected chi connectivity index (χ2v) is 5.40. The molecular formula is C18H13F3N4O. The van der Waals surface area contributed by atoms with E-state index in [0.29, 0.717) is 11.4 Å². The van der Waals surface area contributed by atoms with Gasteiger partial charge in [-0.05, 0) is 49.4 Å². The maximum absolute atomic E-state index is 13.7. The maximum Gasteiger partial charge on any atom is 0.274 e. The number of nitrogens with one attached hydrogen (secondary N) is 2. The van der Waals surface area contributed by atoms with E-state index in [1.807, 2.05) is 0 Å². The first-order valence-electron chi connectivity index (χ1n) is 7.56. The van der Waals surface area contributed by atoms with Crippen LogP contribution in [0.2, 0.25) is 0 Å². The largest absolute Gasteiger partial charge is 0.324 e. The van der Waals surface area contributed by atoms with Crippen LogP contribution in [-0.2, 0) is 0 Å². The van der Waals surface area contributed by atoms with Gasteiger partial charge in [0.15, 0.2) is 0 Å². The highest BCUT2D eigenvalue weighted by Crippen LogP contribution is 2.19. The zero-order valence-corrected chi connectivity index (χ0v) is 13.6. The summed E-state index contributed by atoms with van der Waals surface area (Å²) in [5.74, 6) is -2.88. The summed E-state index contributed by atoms with van der Waals surface area (Å²) in [6, 6.07) is 10.1. The van der Waals surface area contributed by atoms with Crippen LogP contribution in [0.4, 0.5) is 30.5 Å². The van der Waals surface area contributed by atoms with Crippen molar-refractivity contribution in [2.24, 2.45) is 0 Å². The number of aromatic nitrogens is 2. The van der Waals surface area contributed by atoms with Crippen LogP contribution in [0.1, 0.15) is 16.2 Å². The van der Waals surface area contributed by atoms with Gasteiger partial charge >= 0.3 is 0 Å². The van der Waals surface area contributed by atoms with Crippen molar-refractivity contribution in [1.29, 1.82) is 0 Å². The molecule has 2 aromatic carbocycles. The summed E-state index contributed by atoms with van der Waals surface area (Å²) in [4.78, 5) is 20.5. The third-order valence-corrected chi connectivity index (χ3v) is 3.39.